The highest BCUT2D eigenvalue weighted by Crippen LogP contribution is 2.24. The van der Waals surface area contributed by atoms with Gasteiger partial charge in [-0.25, -0.2) is 0 Å². The predicted octanol–water partition coefficient (Wildman–Crippen LogP) is 4.59. The third-order valence-electron chi connectivity index (χ3n) is 2.64. The molecule has 0 fully saturated rings. The number of unbranched alkanes of at least 4 members (excludes halogenated alkanes) is 2. The van der Waals surface area contributed by atoms with Gasteiger partial charge in [-0.2, -0.15) is 0 Å². The molecule has 0 bridgehead atoms. The van der Waals surface area contributed by atoms with E-state index in [1.165, 1.54) is 37.8 Å². The minimum Gasteiger partial charge on any atom is -0.415 e. The highest BCUT2D eigenvalue weighted by atomic mass is 28.4. The molecule has 0 aromatic rings. The molecule has 0 aromatic heterocycles. The SMILES string of the molecule is CCCC[Si](C)(CCCC)OC(C)C. The molecular formula is C12H28OSi. The lowest BCUT2D eigenvalue weighted by molar-refractivity contribution is 0.226. The molecule has 0 atom stereocenters. The van der Waals surface area contributed by atoms with Gasteiger partial charge in [0.2, 0.25) is 0 Å². The van der Waals surface area contributed by atoms with Crippen LogP contribution in [-0.4, -0.2) is 14.4 Å². The van der Waals surface area contributed by atoms with E-state index >= 15 is 0 Å². The molecule has 0 aliphatic carbocycles. The molecule has 2 heteroatoms. The highest BCUT2D eigenvalue weighted by molar-refractivity contribution is 6.72. The fraction of sp³-hybridized carbons (Fsp3) is 1.00. The smallest absolute Gasteiger partial charge is 0.190 e. The van der Waals surface area contributed by atoms with Crippen LogP contribution in [0.1, 0.15) is 53.4 Å². The van der Waals surface area contributed by atoms with Crippen molar-refractivity contribution in [3.63, 3.8) is 0 Å². The van der Waals surface area contributed by atoms with Crippen LogP contribution in [-0.2, 0) is 4.43 Å². The fourth-order valence-corrected chi connectivity index (χ4v) is 5.74. The molecule has 86 valence electrons. The van der Waals surface area contributed by atoms with Gasteiger partial charge >= 0.3 is 0 Å². The van der Waals surface area contributed by atoms with Crippen molar-refractivity contribution in [2.45, 2.75) is 78.1 Å². The Morgan fingerprint density at radius 3 is 1.71 bits per heavy atom. The first-order valence-corrected chi connectivity index (χ1v) is 9.04. The average molecular weight is 216 g/mol. The second-order valence-corrected chi connectivity index (χ2v) is 8.96. The molecule has 0 saturated carbocycles. The van der Waals surface area contributed by atoms with Gasteiger partial charge in [0, 0.05) is 6.10 Å². The Morgan fingerprint density at radius 1 is 1.00 bits per heavy atom. The zero-order chi connectivity index (χ0) is 11.0. The van der Waals surface area contributed by atoms with Crippen molar-refractivity contribution in [2.75, 3.05) is 0 Å². The maximum atomic E-state index is 6.18. The van der Waals surface area contributed by atoms with Crippen molar-refractivity contribution < 1.29 is 4.43 Å². The monoisotopic (exact) mass is 216 g/mol. The van der Waals surface area contributed by atoms with Gasteiger partial charge in [-0.1, -0.05) is 39.5 Å². The average Bonchev–Trinajstić information content (AvgIpc) is 2.11. The Kier molecular flexibility index (Phi) is 7.56. The molecule has 1 nitrogen and oxygen atoms in total. The quantitative estimate of drug-likeness (QED) is 0.539. The largest absolute Gasteiger partial charge is 0.415 e. The van der Waals surface area contributed by atoms with E-state index in [2.05, 4.69) is 34.2 Å². The summed E-state index contributed by atoms with van der Waals surface area (Å²) in [5.74, 6) is 0. The van der Waals surface area contributed by atoms with E-state index in [-0.39, 0.29) is 0 Å². The van der Waals surface area contributed by atoms with Crippen LogP contribution in [0.2, 0.25) is 18.6 Å². The van der Waals surface area contributed by atoms with Crippen LogP contribution < -0.4 is 0 Å². The summed E-state index contributed by atoms with van der Waals surface area (Å²) in [7, 11) is -1.35. The van der Waals surface area contributed by atoms with Crippen molar-refractivity contribution in [1.82, 2.24) is 0 Å². The van der Waals surface area contributed by atoms with Gasteiger partial charge in [0.1, 0.15) is 0 Å². The molecule has 0 rings (SSSR count). The van der Waals surface area contributed by atoms with Crippen molar-refractivity contribution in [3.05, 3.63) is 0 Å². The molecule has 0 amide bonds. The van der Waals surface area contributed by atoms with Crippen LogP contribution in [0.25, 0.3) is 0 Å². The van der Waals surface area contributed by atoms with E-state index in [9.17, 15) is 0 Å². The zero-order valence-electron chi connectivity index (χ0n) is 10.7. The Balaban J connectivity index is 4.03. The van der Waals surface area contributed by atoms with Crippen LogP contribution >= 0.6 is 0 Å². The third kappa shape index (κ3) is 6.60. The molecule has 14 heavy (non-hydrogen) atoms. The molecule has 0 heterocycles. The second kappa shape index (κ2) is 7.47. The highest BCUT2D eigenvalue weighted by Gasteiger charge is 2.28. The second-order valence-electron chi connectivity index (χ2n) is 4.82. The number of rotatable bonds is 8. The fourth-order valence-electron chi connectivity index (χ4n) is 1.91. The lowest BCUT2D eigenvalue weighted by Gasteiger charge is -2.29. The van der Waals surface area contributed by atoms with Gasteiger partial charge in [-0.05, 0) is 32.5 Å². The lowest BCUT2D eigenvalue weighted by Crippen LogP contribution is -2.36. The summed E-state index contributed by atoms with van der Waals surface area (Å²) in [6.45, 7) is 11.3. The van der Waals surface area contributed by atoms with E-state index in [1.54, 1.807) is 0 Å². The van der Waals surface area contributed by atoms with Gasteiger partial charge in [0.25, 0.3) is 0 Å². The summed E-state index contributed by atoms with van der Waals surface area (Å²) < 4.78 is 6.18. The maximum Gasteiger partial charge on any atom is 0.190 e. The van der Waals surface area contributed by atoms with Crippen LogP contribution in [0.15, 0.2) is 0 Å². The van der Waals surface area contributed by atoms with E-state index in [0.717, 1.165) is 0 Å². The van der Waals surface area contributed by atoms with Gasteiger partial charge < -0.3 is 4.43 Å². The molecule has 0 radical (unpaired) electrons. The van der Waals surface area contributed by atoms with Gasteiger partial charge in [-0.15, -0.1) is 0 Å². The van der Waals surface area contributed by atoms with E-state index < -0.39 is 8.32 Å². The molecular weight excluding hydrogens is 188 g/mol. The Hall–Kier alpha value is 0.177. The number of hydrogen-bond donors (Lipinski definition) is 0. The first kappa shape index (κ1) is 14.2. The molecule has 0 saturated heterocycles. The molecule has 0 spiro atoms. The van der Waals surface area contributed by atoms with Crippen molar-refractivity contribution in [1.29, 1.82) is 0 Å². The van der Waals surface area contributed by atoms with Crippen LogP contribution in [0.3, 0.4) is 0 Å². The van der Waals surface area contributed by atoms with Crippen molar-refractivity contribution in [3.8, 4) is 0 Å². The van der Waals surface area contributed by atoms with Gasteiger partial charge in [-0.3, -0.25) is 0 Å². The Morgan fingerprint density at radius 2 is 1.43 bits per heavy atom. The summed E-state index contributed by atoms with van der Waals surface area (Å²) in [6, 6.07) is 2.70. The Labute approximate surface area is 91.4 Å². The molecule has 0 aromatic carbocycles. The van der Waals surface area contributed by atoms with Crippen LogP contribution in [0, 0.1) is 0 Å². The predicted molar refractivity (Wildman–Crippen MR) is 67.3 cm³/mol. The lowest BCUT2D eigenvalue weighted by atomic mass is 10.4. The van der Waals surface area contributed by atoms with Gasteiger partial charge in [0.05, 0.1) is 0 Å². The Bertz CT molecular complexity index is 126. The van der Waals surface area contributed by atoms with E-state index in [4.69, 9.17) is 4.43 Å². The minimum absolute atomic E-state index is 0.417. The van der Waals surface area contributed by atoms with Crippen LogP contribution in [0.4, 0.5) is 0 Å². The summed E-state index contributed by atoms with van der Waals surface area (Å²) >= 11 is 0. The molecule has 0 aliphatic heterocycles. The minimum atomic E-state index is -1.35. The standard InChI is InChI=1S/C12H28OSi/c1-6-8-10-14(5,11-9-7-2)13-12(3)4/h12H,6-11H2,1-5H3. The molecule has 0 aliphatic rings. The van der Waals surface area contributed by atoms with Crippen LogP contribution in [0.5, 0.6) is 0 Å². The van der Waals surface area contributed by atoms with Gasteiger partial charge in [0.15, 0.2) is 8.32 Å². The first-order chi connectivity index (χ1) is 6.54. The van der Waals surface area contributed by atoms with E-state index in [0.29, 0.717) is 6.10 Å². The van der Waals surface area contributed by atoms with E-state index in [1.807, 2.05) is 0 Å². The van der Waals surface area contributed by atoms with Crippen molar-refractivity contribution in [2.24, 2.45) is 0 Å². The summed E-state index contributed by atoms with van der Waals surface area (Å²) in [6.07, 6.45) is 5.71. The summed E-state index contributed by atoms with van der Waals surface area (Å²) in [5.41, 5.74) is 0. The maximum absolute atomic E-state index is 6.18. The first-order valence-electron chi connectivity index (χ1n) is 6.22. The zero-order valence-corrected chi connectivity index (χ0v) is 11.7. The topological polar surface area (TPSA) is 9.23 Å². The summed E-state index contributed by atoms with van der Waals surface area (Å²) in [5, 5.41) is 0. The van der Waals surface area contributed by atoms with Crippen molar-refractivity contribution >= 4 is 8.32 Å². The normalized spacial score (nSPS) is 12.4. The summed E-state index contributed by atoms with van der Waals surface area (Å²) in [4.78, 5) is 0. The molecule has 0 N–H and O–H groups in total. The molecule has 0 unspecified atom stereocenters. The third-order valence-corrected chi connectivity index (χ3v) is 6.50. The number of hydrogen-bond acceptors (Lipinski definition) is 1.